The summed E-state index contributed by atoms with van der Waals surface area (Å²) < 4.78 is 2.31. The highest BCUT2D eigenvalue weighted by Gasteiger charge is 2.00. The van der Waals surface area contributed by atoms with E-state index in [2.05, 4.69) is 4.98 Å². The Morgan fingerprint density at radius 1 is 1.28 bits per heavy atom. The van der Waals surface area contributed by atoms with Gasteiger partial charge in [-0.3, -0.25) is 9.36 Å². The number of hydrogen-bond donors (Lipinski definition) is 1. The minimum absolute atomic E-state index is 0.0305. The molecule has 1 aromatic carbocycles. The monoisotopic (exact) mass is 355 g/mol. The molecule has 0 bridgehead atoms. The molecule has 0 amide bonds. The van der Waals surface area contributed by atoms with Crippen molar-refractivity contribution in [3.8, 4) is 0 Å². The summed E-state index contributed by atoms with van der Waals surface area (Å²) in [7, 11) is 0. The van der Waals surface area contributed by atoms with E-state index in [1.54, 1.807) is 17.1 Å². The van der Waals surface area contributed by atoms with Crippen molar-refractivity contribution in [3.63, 3.8) is 0 Å². The van der Waals surface area contributed by atoms with Crippen molar-refractivity contribution in [3.05, 3.63) is 56.3 Å². The molecule has 0 aliphatic rings. The molecule has 18 heavy (non-hydrogen) atoms. The lowest BCUT2D eigenvalue weighted by molar-refractivity contribution is 0.608. The number of rotatable bonds is 4. The van der Waals surface area contributed by atoms with E-state index in [1.807, 2.05) is 46.9 Å². The van der Waals surface area contributed by atoms with Crippen LogP contribution in [0.1, 0.15) is 12.0 Å². The van der Waals surface area contributed by atoms with E-state index in [-0.39, 0.29) is 5.56 Å². The van der Waals surface area contributed by atoms with Crippen LogP contribution in [0.25, 0.3) is 0 Å². The van der Waals surface area contributed by atoms with Gasteiger partial charge in [0, 0.05) is 18.4 Å². The molecule has 2 rings (SSSR count). The molecule has 0 radical (unpaired) electrons. The summed E-state index contributed by atoms with van der Waals surface area (Å²) in [5.74, 6) is 0. The molecular weight excluding hydrogens is 341 g/mol. The molecule has 0 saturated carbocycles. The van der Waals surface area contributed by atoms with Gasteiger partial charge in [-0.2, -0.15) is 0 Å². The number of hydrogen-bond acceptors (Lipinski definition) is 3. The van der Waals surface area contributed by atoms with E-state index in [0.717, 1.165) is 18.5 Å². The van der Waals surface area contributed by atoms with Gasteiger partial charge in [0.05, 0.1) is 9.90 Å². The van der Waals surface area contributed by atoms with Crippen LogP contribution in [0.3, 0.4) is 0 Å². The van der Waals surface area contributed by atoms with Gasteiger partial charge in [-0.05, 0) is 53.1 Å². The molecule has 4 nitrogen and oxygen atoms in total. The normalized spacial score (nSPS) is 10.5. The third-order valence-electron chi connectivity index (χ3n) is 2.70. The van der Waals surface area contributed by atoms with Crippen molar-refractivity contribution in [2.45, 2.75) is 19.4 Å². The number of halogens is 1. The van der Waals surface area contributed by atoms with Crippen LogP contribution in [-0.4, -0.2) is 9.55 Å². The SMILES string of the molecule is Nc1ccc(CCCn2cncc(I)c2=O)cc1. The standard InChI is InChI=1S/C13H14IN3O/c14-12-8-16-9-17(13(12)18)7-1-2-10-3-5-11(15)6-4-10/h3-6,8-9H,1-2,7,15H2. The van der Waals surface area contributed by atoms with Gasteiger partial charge in [0.25, 0.3) is 5.56 Å². The van der Waals surface area contributed by atoms with Crippen LogP contribution in [0.4, 0.5) is 5.69 Å². The first kappa shape index (κ1) is 13.1. The lowest BCUT2D eigenvalue weighted by atomic mass is 10.1. The summed E-state index contributed by atoms with van der Waals surface area (Å²) in [4.78, 5) is 15.8. The average Bonchev–Trinajstić information content (AvgIpc) is 2.37. The number of aromatic nitrogens is 2. The first-order valence-electron chi connectivity index (χ1n) is 5.71. The molecule has 0 spiro atoms. The summed E-state index contributed by atoms with van der Waals surface area (Å²) in [5.41, 5.74) is 7.67. The minimum Gasteiger partial charge on any atom is -0.399 e. The maximum atomic E-state index is 11.8. The quantitative estimate of drug-likeness (QED) is 0.675. The zero-order chi connectivity index (χ0) is 13.0. The zero-order valence-electron chi connectivity index (χ0n) is 9.84. The van der Waals surface area contributed by atoms with Gasteiger partial charge in [0.2, 0.25) is 0 Å². The summed E-state index contributed by atoms with van der Waals surface area (Å²) in [5, 5.41) is 0. The van der Waals surface area contributed by atoms with Crippen LogP contribution in [0, 0.1) is 3.57 Å². The van der Waals surface area contributed by atoms with E-state index in [0.29, 0.717) is 10.1 Å². The maximum absolute atomic E-state index is 11.8. The van der Waals surface area contributed by atoms with Crippen molar-refractivity contribution in [2.75, 3.05) is 5.73 Å². The molecule has 1 heterocycles. The number of nitrogen functional groups attached to an aromatic ring is 1. The number of anilines is 1. The largest absolute Gasteiger partial charge is 0.399 e. The lowest BCUT2D eigenvalue weighted by Crippen LogP contribution is -2.22. The van der Waals surface area contributed by atoms with Crippen molar-refractivity contribution in [1.82, 2.24) is 9.55 Å². The van der Waals surface area contributed by atoms with Crippen molar-refractivity contribution >= 4 is 28.3 Å². The van der Waals surface area contributed by atoms with Gasteiger partial charge < -0.3 is 5.73 Å². The summed E-state index contributed by atoms with van der Waals surface area (Å²) >= 11 is 2.01. The second-order valence-corrected chi connectivity index (χ2v) is 5.25. The van der Waals surface area contributed by atoms with Crippen LogP contribution in [-0.2, 0) is 13.0 Å². The molecule has 1 aromatic heterocycles. The zero-order valence-corrected chi connectivity index (χ0v) is 12.0. The number of nitrogens with zero attached hydrogens (tertiary/aromatic N) is 2. The first-order valence-corrected chi connectivity index (χ1v) is 6.79. The highest BCUT2D eigenvalue weighted by molar-refractivity contribution is 14.1. The number of nitrogens with two attached hydrogens (primary N) is 1. The average molecular weight is 355 g/mol. The molecule has 0 unspecified atom stereocenters. The molecule has 0 aliphatic heterocycles. The second kappa shape index (κ2) is 5.99. The fourth-order valence-corrected chi connectivity index (χ4v) is 2.19. The third-order valence-corrected chi connectivity index (χ3v) is 3.44. The van der Waals surface area contributed by atoms with E-state index < -0.39 is 0 Å². The molecule has 0 atom stereocenters. The maximum Gasteiger partial charge on any atom is 0.266 e. The van der Waals surface area contributed by atoms with E-state index in [4.69, 9.17) is 5.73 Å². The van der Waals surface area contributed by atoms with Gasteiger partial charge in [0.15, 0.2) is 0 Å². The van der Waals surface area contributed by atoms with E-state index in [1.165, 1.54) is 5.56 Å². The Morgan fingerprint density at radius 2 is 2.00 bits per heavy atom. The van der Waals surface area contributed by atoms with Crippen molar-refractivity contribution in [1.29, 1.82) is 0 Å². The van der Waals surface area contributed by atoms with Crippen LogP contribution < -0.4 is 11.3 Å². The highest BCUT2D eigenvalue weighted by atomic mass is 127. The van der Waals surface area contributed by atoms with Gasteiger partial charge in [0.1, 0.15) is 0 Å². The molecule has 94 valence electrons. The van der Waals surface area contributed by atoms with Crippen molar-refractivity contribution < 1.29 is 0 Å². The Balaban J connectivity index is 1.94. The van der Waals surface area contributed by atoms with E-state index in [9.17, 15) is 4.79 Å². The number of aryl methyl sites for hydroxylation is 2. The predicted molar refractivity (Wildman–Crippen MR) is 80.4 cm³/mol. The Bertz CT molecular complexity index is 578. The van der Waals surface area contributed by atoms with Gasteiger partial charge >= 0.3 is 0 Å². The van der Waals surface area contributed by atoms with Crippen LogP contribution in [0.5, 0.6) is 0 Å². The molecule has 2 aromatic rings. The smallest absolute Gasteiger partial charge is 0.266 e. The summed E-state index contributed by atoms with van der Waals surface area (Å²) in [6, 6.07) is 7.83. The molecule has 0 aliphatic carbocycles. The predicted octanol–water partition coefficient (Wildman–Crippen LogP) is 2.06. The molecule has 2 N–H and O–H groups in total. The van der Waals surface area contributed by atoms with E-state index >= 15 is 0 Å². The Hall–Kier alpha value is -1.37. The molecule has 0 saturated heterocycles. The Kier molecular flexibility index (Phi) is 4.35. The highest BCUT2D eigenvalue weighted by Crippen LogP contribution is 2.08. The van der Waals surface area contributed by atoms with Gasteiger partial charge in [-0.25, -0.2) is 4.98 Å². The van der Waals surface area contributed by atoms with Crippen molar-refractivity contribution in [2.24, 2.45) is 0 Å². The Labute approximate surface area is 119 Å². The second-order valence-electron chi connectivity index (χ2n) is 4.09. The first-order chi connectivity index (χ1) is 8.66. The number of benzene rings is 1. The molecule has 5 heteroatoms. The minimum atomic E-state index is 0.0305. The fraction of sp³-hybridized carbons (Fsp3) is 0.231. The van der Waals surface area contributed by atoms with Crippen LogP contribution in [0.2, 0.25) is 0 Å². The molecular formula is C13H14IN3O. The fourth-order valence-electron chi connectivity index (χ4n) is 1.72. The van der Waals surface area contributed by atoms with Crippen LogP contribution >= 0.6 is 22.6 Å². The summed E-state index contributed by atoms with van der Waals surface area (Å²) in [6.45, 7) is 0.688. The lowest BCUT2D eigenvalue weighted by Gasteiger charge is -2.05. The Morgan fingerprint density at radius 3 is 2.72 bits per heavy atom. The van der Waals surface area contributed by atoms with Crippen LogP contribution in [0.15, 0.2) is 41.6 Å². The van der Waals surface area contributed by atoms with Gasteiger partial charge in [-0.15, -0.1) is 0 Å². The summed E-state index contributed by atoms with van der Waals surface area (Å²) in [6.07, 6.45) is 5.01. The topological polar surface area (TPSA) is 60.9 Å². The third kappa shape index (κ3) is 3.32. The molecule has 0 fully saturated rings. The van der Waals surface area contributed by atoms with Gasteiger partial charge in [-0.1, -0.05) is 12.1 Å².